The van der Waals surface area contributed by atoms with Crippen LogP contribution >= 0.6 is 0 Å². The summed E-state index contributed by atoms with van der Waals surface area (Å²) in [6, 6.07) is 13.0. The second-order valence-corrected chi connectivity index (χ2v) is 4.35. The number of nitrogens with two attached hydrogens (primary N) is 1. The molecule has 0 aliphatic carbocycles. The number of ether oxygens (including phenoxy) is 1. The molecule has 3 nitrogen and oxygen atoms in total. The molecule has 2 rings (SSSR count). The van der Waals surface area contributed by atoms with Gasteiger partial charge in [0.25, 0.3) is 0 Å². The van der Waals surface area contributed by atoms with Gasteiger partial charge in [-0.1, -0.05) is 30.3 Å². The molecule has 0 aliphatic rings. The Balaban J connectivity index is 2.42. The lowest BCUT2D eigenvalue weighted by Gasteiger charge is -2.14. The molecule has 2 aromatic carbocycles. The molecule has 2 aromatic rings. The molecular weight excluding hydrogens is 283 g/mol. The van der Waals surface area contributed by atoms with Crippen molar-refractivity contribution >= 4 is 5.91 Å². The average Bonchev–Trinajstić information content (AvgIpc) is 2.45. The van der Waals surface area contributed by atoms with Gasteiger partial charge in [-0.3, -0.25) is 4.79 Å². The lowest BCUT2D eigenvalue weighted by molar-refractivity contribution is -0.153. The highest BCUT2D eigenvalue weighted by Gasteiger charge is 2.29. The largest absolute Gasteiger partial charge is 0.483 e. The fraction of sp³-hybridized carbons (Fsp3) is 0.133. The molecule has 0 spiro atoms. The Hall–Kier alpha value is -2.50. The minimum absolute atomic E-state index is 0.0326. The van der Waals surface area contributed by atoms with E-state index in [0.29, 0.717) is 11.1 Å². The molecule has 0 heterocycles. The zero-order valence-electron chi connectivity index (χ0n) is 10.9. The second kappa shape index (κ2) is 5.87. The molecule has 0 unspecified atom stereocenters. The Bertz CT molecular complexity index is 639. The van der Waals surface area contributed by atoms with E-state index < -0.39 is 18.7 Å². The Labute approximate surface area is 119 Å². The molecule has 0 fully saturated rings. The van der Waals surface area contributed by atoms with Crippen LogP contribution < -0.4 is 10.5 Å². The minimum atomic E-state index is -4.46. The zero-order chi connectivity index (χ0) is 15.5. The van der Waals surface area contributed by atoms with Crippen LogP contribution in [0.2, 0.25) is 0 Å². The van der Waals surface area contributed by atoms with E-state index in [2.05, 4.69) is 0 Å². The van der Waals surface area contributed by atoms with Crippen LogP contribution in [0.15, 0.2) is 48.5 Å². The second-order valence-electron chi connectivity index (χ2n) is 4.35. The van der Waals surface area contributed by atoms with Crippen LogP contribution in [0.1, 0.15) is 10.4 Å². The number of hydrogen-bond donors (Lipinski definition) is 1. The quantitative estimate of drug-likeness (QED) is 0.940. The number of alkyl halides is 3. The molecule has 2 N–H and O–H groups in total. The normalized spacial score (nSPS) is 11.2. The van der Waals surface area contributed by atoms with E-state index >= 15 is 0 Å². The van der Waals surface area contributed by atoms with Crippen molar-refractivity contribution in [3.63, 3.8) is 0 Å². The van der Waals surface area contributed by atoms with Gasteiger partial charge in [0.15, 0.2) is 6.61 Å². The SMILES string of the molecule is NC(=O)c1ccc(-c2ccccc2)c(OCC(F)(F)F)c1. The van der Waals surface area contributed by atoms with Crippen LogP contribution in [0.25, 0.3) is 11.1 Å². The van der Waals surface area contributed by atoms with Crippen molar-refractivity contribution < 1.29 is 22.7 Å². The van der Waals surface area contributed by atoms with E-state index in [0.717, 1.165) is 0 Å². The Morgan fingerprint density at radius 2 is 1.76 bits per heavy atom. The smallest absolute Gasteiger partial charge is 0.422 e. The standard InChI is InChI=1S/C15H12F3NO2/c16-15(17,18)9-21-13-8-11(14(19)20)6-7-12(13)10-4-2-1-3-5-10/h1-8H,9H2,(H2,19,20). The predicted octanol–water partition coefficient (Wildman–Crippen LogP) is 3.39. The third-order valence-electron chi connectivity index (χ3n) is 2.74. The number of carbonyl (C=O) groups is 1. The van der Waals surface area contributed by atoms with Gasteiger partial charge >= 0.3 is 6.18 Å². The molecule has 0 radical (unpaired) electrons. The van der Waals surface area contributed by atoms with E-state index in [9.17, 15) is 18.0 Å². The zero-order valence-corrected chi connectivity index (χ0v) is 10.9. The van der Waals surface area contributed by atoms with Crippen molar-refractivity contribution in [2.24, 2.45) is 5.73 Å². The maximum atomic E-state index is 12.3. The first-order valence-electron chi connectivity index (χ1n) is 6.05. The van der Waals surface area contributed by atoms with Crippen molar-refractivity contribution in [1.29, 1.82) is 0 Å². The summed E-state index contributed by atoms with van der Waals surface area (Å²) >= 11 is 0. The number of primary amides is 1. The number of carbonyl (C=O) groups excluding carboxylic acids is 1. The minimum Gasteiger partial charge on any atom is -0.483 e. The fourth-order valence-corrected chi connectivity index (χ4v) is 1.81. The number of halogens is 3. The maximum Gasteiger partial charge on any atom is 0.422 e. The van der Waals surface area contributed by atoms with Crippen molar-refractivity contribution in [3.8, 4) is 16.9 Å². The maximum absolute atomic E-state index is 12.3. The number of amides is 1. The summed E-state index contributed by atoms with van der Waals surface area (Å²) in [6.45, 7) is -1.44. The van der Waals surface area contributed by atoms with Crippen molar-refractivity contribution in [3.05, 3.63) is 54.1 Å². The molecular formula is C15H12F3NO2. The molecule has 0 aliphatic heterocycles. The van der Waals surface area contributed by atoms with Gasteiger partial charge in [0.05, 0.1) is 0 Å². The molecule has 0 atom stereocenters. The van der Waals surface area contributed by atoms with E-state index in [4.69, 9.17) is 10.5 Å². The van der Waals surface area contributed by atoms with Gasteiger partial charge in [-0.15, -0.1) is 0 Å². The van der Waals surface area contributed by atoms with Crippen LogP contribution in [0.3, 0.4) is 0 Å². The summed E-state index contributed by atoms with van der Waals surface area (Å²) < 4.78 is 41.8. The highest BCUT2D eigenvalue weighted by molar-refractivity contribution is 5.94. The van der Waals surface area contributed by atoms with Gasteiger partial charge < -0.3 is 10.5 Å². The predicted molar refractivity (Wildman–Crippen MR) is 71.9 cm³/mol. The lowest BCUT2D eigenvalue weighted by Crippen LogP contribution is -2.20. The highest BCUT2D eigenvalue weighted by atomic mass is 19.4. The number of rotatable bonds is 4. The van der Waals surface area contributed by atoms with Gasteiger partial charge in [-0.2, -0.15) is 13.2 Å². The molecule has 0 bridgehead atoms. The topological polar surface area (TPSA) is 52.3 Å². The molecule has 110 valence electrons. The summed E-state index contributed by atoms with van der Waals surface area (Å²) in [5.74, 6) is -0.763. The first kappa shape index (κ1) is 14.9. The average molecular weight is 295 g/mol. The summed E-state index contributed by atoms with van der Waals surface area (Å²) in [6.07, 6.45) is -4.46. The van der Waals surface area contributed by atoms with Crippen LogP contribution in [0.5, 0.6) is 5.75 Å². The molecule has 0 saturated heterocycles. The summed E-state index contributed by atoms with van der Waals surface area (Å²) in [5.41, 5.74) is 6.37. The van der Waals surface area contributed by atoms with Gasteiger partial charge in [0, 0.05) is 11.1 Å². The van der Waals surface area contributed by atoms with Gasteiger partial charge in [-0.25, -0.2) is 0 Å². The first-order chi connectivity index (χ1) is 9.87. The fourth-order valence-electron chi connectivity index (χ4n) is 1.81. The summed E-state index contributed by atoms with van der Waals surface area (Å²) in [5, 5.41) is 0. The lowest BCUT2D eigenvalue weighted by atomic mass is 10.0. The number of hydrogen-bond acceptors (Lipinski definition) is 2. The Kier molecular flexibility index (Phi) is 4.16. The van der Waals surface area contributed by atoms with Crippen molar-refractivity contribution in [1.82, 2.24) is 0 Å². The van der Waals surface area contributed by atoms with Crippen LogP contribution in [0.4, 0.5) is 13.2 Å². The Morgan fingerprint density at radius 1 is 1.10 bits per heavy atom. The number of benzene rings is 2. The summed E-state index contributed by atoms with van der Waals surface area (Å²) in [4.78, 5) is 11.1. The van der Waals surface area contributed by atoms with Crippen LogP contribution in [0, 0.1) is 0 Å². The molecule has 6 heteroatoms. The van der Waals surface area contributed by atoms with Gasteiger partial charge in [0.1, 0.15) is 5.75 Å². The van der Waals surface area contributed by atoms with E-state index in [1.165, 1.54) is 18.2 Å². The highest BCUT2D eigenvalue weighted by Crippen LogP contribution is 2.32. The van der Waals surface area contributed by atoms with E-state index in [1.54, 1.807) is 30.3 Å². The third kappa shape index (κ3) is 3.98. The summed E-state index contributed by atoms with van der Waals surface area (Å²) in [7, 11) is 0. The van der Waals surface area contributed by atoms with E-state index in [1.807, 2.05) is 0 Å². The van der Waals surface area contributed by atoms with Crippen LogP contribution in [-0.2, 0) is 0 Å². The van der Waals surface area contributed by atoms with Crippen molar-refractivity contribution in [2.45, 2.75) is 6.18 Å². The van der Waals surface area contributed by atoms with Gasteiger partial charge in [-0.05, 0) is 23.8 Å². The molecule has 1 amide bonds. The van der Waals surface area contributed by atoms with Gasteiger partial charge in [0.2, 0.25) is 5.91 Å². The van der Waals surface area contributed by atoms with E-state index in [-0.39, 0.29) is 11.3 Å². The molecule has 0 aromatic heterocycles. The molecule has 21 heavy (non-hydrogen) atoms. The van der Waals surface area contributed by atoms with Crippen molar-refractivity contribution in [2.75, 3.05) is 6.61 Å². The first-order valence-corrected chi connectivity index (χ1v) is 6.05. The third-order valence-corrected chi connectivity index (χ3v) is 2.74. The Morgan fingerprint density at radius 3 is 2.33 bits per heavy atom. The van der Waals surface area contributed by atoms with Crippen LogP contribution in [-0.4, -0.2) is 18.7 Å². The molecule has 0 saturated carbocycles. The monoisotopic (exact) mass is 295 g/mol.